The van der Waals surface area contributed by atoms with Gasteiger partial charge in [-0.15, -0.1) is 0 Å². The van der Waals surface area contributed by atoms with Gasteiger partial charge >= 0.3 is 0 Å². The van der Waals surface area contributed by atoms with Crippen LogP contribution in [-0.4, -0.2) is 39.0 Å². The molecule has 118 valence electrons. The standard InChI is InChI=1S/C16H28N4O/c1-12(2)16-18-8-11-19(16)10-7-15(21)20-9-5-4-6-14(20)13(3)17/h8,11-14H,4-7,9-10,17H2,1-3H3. The van der Waals surface area contributed by atoms with Crippen LogP contribution in [0.1, 0.15) is 58.2 Å². The minimum Gasteiger partial charge on any atom is -0.338 e. The van der Waals surface area contributed by atoms with Crippen LogP contribution >= 0.6 is 0 Å². The largest absolute Gasteiger partial charge is 0.338 e. The van der Waals surface area contributed by atoms with Crippen LogP contribution in [0.3, 0.4) is 0 Å². The van der Waals surface area contributed by atoms with Crippen LogP contribution in [0, 0.1) is 0 Å². The summed E-state index contributed by atoms with van der Waals surface area (Å²) in [6, 6.07) is 0.257. The molecule has 5 nitrogen and oxygen atoms in total. The first kappa shape index (κ1) is 16.0. The first-order chi connectivity index (χ1) is 10.0. The number of hydrogen-bond acceptors (Lipinski definition) is 3. The maximum atomic E-state index is 12.5. The third-order valence-corrected chi connectivity index (χ3v) is 4.31. The highest BCUT2D eigenvalue weighted by Crippen LogP contribution is 2.20. The SMILES string of the molecule is CC(C)c1nccn1CCC(=O)N1CCCCC1C(C)N. The van der Waals surface area contributed by atoms with Crippen LogP contribution in [0.4, 0.5) is 0 Å². The summed E-state index contributed by atoms with van der Waals surface area (Å²) in [5, 5.41) is 0. The Morgan fingerprint density at radius 3 is 2.86 bits per heavy atom. The lowest BCUT2D eigenvalue weighted by atomic mass is 9.96. The highest BCUT2D eigenvalue weighted by Gasteiger charge is 2.28. The molecule has 0 aliphatic carbocycles. The normalized spacial score (nSPS) is 20.8. The smallest absolute Gasteiger partial charge is 0.224 e. The first-order valence-electron chi connectivity index (χ1n) is 8.06. The molecule has 1 aromatic heterocycles. The number of hydrogen-bond donors (Lipinski definition) is 1. The van der Waals surface area contributed by atoms with Gasteiger partial charge in [-0.2, -0.15) is 0 Å². The van der Waals surface area contributed by atoms with Crippen molar-refractivity contribution in [3.8, 4) is 0 Å². The zero-order chi connectivity index (χ0) is 15.4. The average Bonchev–Trinajstić information content (AvgIpc) is 2.93. The summed E-state index contributed by atoms with van der Waals surface area (Å²) in [4.78, 5) is 18.9. The van der Waals surface area contributed by atoms with Crippen LogP contribution in [0.15, 0.2) is 12.4 Å². The third kappa shape index (κ3) is 3.84. The van der Waals surface area contributed by atoms with Crippen LogP contribution in [-0.2, 0) is 11.3 Å². The molecule has 1 aromatic rings. The lowest BCUT2D eigenvalue weighted by molar-refractivity contribution is -0.135. The second kappa shape index (κ2) is 7.07. The van der Waals surface area contributed by atoms with E-state index in [-0.39, 0.29) is 18.0 Å². The molecule has 0 saturated carbocycles. The highest BCUT2D eigenvalue weighted by atomic mass is 16.2. The second-order valence-corrected chi connectivity index (χ2v) is 6.39. The maximum Gasteiger partial charge on any atom is 0.224 e. The fourth-order valence-corrected chi connectivity index (χ4v) is 3.18. The van der Waals surface area contributed by atoms with Crippen molar-refractivity contribution in [2.45, 2.75) is 71.0 Å². The minimum atomic E-state index is 0.0497. The zero-order valence-corrected chi connectivity index (χ0v) is 13.5. The number of likely N-dealkylation sites (tertiary alicyclic amines) is 1. The topological polar surface area (TPSA) is 64.2 Å². The van der Waals surface area contributed by atoms with Crippen LogP contribution in [0.5, 0.6) is 0 Å². The summed E-state index contributed by atoms with van der Waals surface area (Å²) in [5.41, 5.74) is 6.04. The van der Waals surface area contributed by atoms with Crippen molar-refractivity contribution >= 4 is 5.91 Å². The lowest BCUT2D eigenvalue weighted by Gasteiger charge is -2.38. The fourth-order valence-electron chi connectivity index (χ4n) is 3.18. The highest BCUT2D eigenvalue weighted by molar-refractivity contribution is 5.76. The lowest BCUT2D eigenvalue weighted by Crippen LogP contribution is -2.51. The number of imidazole rings is 1. The van der Waals surface area contributed by atoms with Crippen LogP contribution < -0.4 is 5.73 Å². The van der Waals surface area contributed by atoms with E-state index in [0.717, 1.165) is 25.2 Å². The van der Waals surface area contributed by atoms with Gasteiger partial charge in [0.25, 0.3) is 0 Å². The van der Waals surface area contributed by atoms with Crippen LogP contribution in [0.2, 0.25) is 0 Å². The van der Waals surface area contributed by atoms with Gasteiger partial charge in [-0.25, -0.2) is 4.98 Å². The zero-order valence-electron chi connectivity index (χ0n) is 13.5. The molecule has 1 aliphatic heterocycles. The number of amides is 1. The number of aromatic nitrogens is 2. The number of aryl methyl sites for hydroxylation is 1. The van der Waals surface area contributed by atoms with E-state index < -0.39 is 0 Å². The number of nitrogens with two attached hydrogens (primary N) is 1. The van der Waals surface area contributed by atoms with E-state index >= 15 is 0 Å². The summed E-state index contributed by atoms with van der Waals surface area (Å²) in [6.07, 6.45) is 7.60. The number of nitrogens with zero attached hydrogens (tertiary/aromatic N) is 3. The Bertz CT molecular complexity index is 467. The van der Waals surface area contributed by atoms with Crippen molar-refractivity contribution in [2.24, 2.45) is 5.73 Å². The molecule has 2 heterocycles. The molecule has 2 N–H and O–H groups in total. The van der Waals surface area contributed by atoms with Gasteiger partial charge in [0, 0.05) is 49.9 Å². The number of piperidine rings is 1. The Morgan fingerprint density at radius 2 is 2.19 bits per heavy atom. The number of carbonyl (C=O) groups excluding carboxylic acids is 1. The average molecular weight is 292 g/mol. The monoisotopic (exact) mass is 292 g/mol. The molecule has 2 rings (SSSR count). The summed E-state index contributed by atoms with van der Waals surface area (Å²) in [5.74, 6) is 1.65. The van der Waals surface area contributed by atoms with Gasteiger partial charge in [0.05, 0.1) is 0 Å². The molecule has 0 aromatic carbocycles. The van der Waals surface area contributed by atoms with Crippen molar-refractivity contribution in [1.82, 2.24) is 14.5 Å². The quantitative estimate of drug-likeness (QED) is 0.904. The molecule has 21 heavy (non-hydrogen) atoms. The first-order valence-corrected chi connectivity index (χ1v) is 8.06. The van der Waals surface area contributed by atoms with Gasteiger partial charge < -0.3 is 15.2 Å². The van der Waals surface area contributed by atoms with Gasteiger partial charge in [0.1, 0.15) is 5.82 Å². The van der Waals surface area contributed by atoms with E-state index in [9.17, 15) is 4.79 Å². The fraction of sp³-hybridized carbons (Fsp3) is 0.750. The van der Waals surface area contributed by atoms with Crippen molar-refractivity contribution in [3.05, 3.63) is 18.2 Å². The molecule has 1 saturated heterocycles. The summed E-state index contributed by atoms with van der Waals surface area (Å²) in [7, 11) is 0. The van der Waals surface area contributed by atoms with Crippen molar-refractivity contribution in [2.75, 3.05) is 6.54 Å². The molecule has 2 unspecified atom stereocenters. The summed E-state index contributed by atoms with van der Waals surface area (Å²) < 4.78 is 2.09. The molecule has 1 fully saturated rings. The molecular weight excluding hydrogens is 264 g/mol. The Morgan fingerprint density at radius 1 is 1.43 bits per heavy atom. The summed E-state index contributed by atoms with van der Waals surface area (Å²) in [6.45, 7) is 7.80. The predicted molar refractivity (Wildman–Crippen MR) is 83.9 cm³/mol. The van der Waals surface area contributed by atoms with Crippen molar-refractivity contribution in [3.63, 3.8) is 0 Å². The van der Waals surface area contributed by atoms with Gasteiger partial charge in [-0.3, -0.25) is 4.79 Å². The van der Waals surface area contributed by atoms with Gasteiger partial charge in [0.15, 0.2) is 0 Å². The Hall–Kier alpha value is -1.36. The molecule has 0 spiro atoms. The van der Waals surface area contributed by atoms with Gasteiger partial charge in [-0.1, -0.05) is 13.8 Å². The number of carbonyl (C=O) groups is 1. The molecule has 5 heteroatoms. The van der Waals surface area contributed by atoms with E-state index in [1.165, 1.54) is 6.42 Å². The molecule has 1 aliphatic rings. The number of rotatable bonds is 5. The summed E-state index contributed by atoms with van der Waals surface area (Å²) >= 11 is 0. The Kier molecular flexibility index (Phi) is 5.39. The van der Waals surface area contributed by atoms with E-state index in [1.807, 2.05) is 24.2 Å². The van der Waals surface area contributed by atoms with E-state index in [2.05, 4.69) is 23.4 Å². The molecule has 2 atom stereocenters. The van der Waals surface area contributed by atoms with Gasteiger partial charge in [-0.05, 0) is 26.2 Å². The molecule has 0 bridgehead atoms. The van der Waals surface area contributed by atoms with Crippen molar-refractivity contribution < 1.29 is 4.79 Å². The molecule has 1 amide bonds. The second-order valence-electron chi connectivity index (χ2n) is 6.39. The minimum absolute atomic E-state index is 0.0497. The van der Waals surface area contributed by atoms with E-state index in [0.29, 0.717) is 18.9 Å². The van der Waals surface area contributed by atoms with Crippen LogP contribution in [0.25, 0.3) is 0 Å². The Balaban J connectivity index is 1.95. The third-order valence-electron chi connectivity index (χ3n) is 4.31. The molecule has 0 radical (unpaired) electrons. The van der Waals surface area contributed by atoms with Gasteiger partial charge in [0.2, 0.25) is 5.91 Å². The van der Waals surface area contributed by atoms with E-state index in [1.54, 1.807) is 0 Å². The maximum absolute atomic E-state index is 12.5. The predicted octanol–water partition coefficient (Wildman–Crippen LogP) is 2.12. The van der Waals surface area contributed by atoms with Crippen molar-refractivity contribution in [1.29, 1.82) is 0 Å². The van der Waals surface area contributed by atoms with E-state index in [4.69, 9.17) is 5.73 Å². The molecular formula is C16H28N4O. The Labute approximate surface area is 127 Å².